The zero-order chi connectivity index (χ0) is 22.2. The number of rotatable bonds is 7. The first-order valence-corrected chi connectivity index (χ1v) is 11.7. The smallest absolute Gasteiger partial charge is 0.157 e. The van der Waals surface area contributed by atoms with Crippen LogP contribution < -0.4 is 0 Å². The molecule has 0 spiro atoms. The van der Waals surface area contributed by atoms with Gasteiger partial charge in [-0.1, -0.05) is 62.3 Å². The molecule has 32 heavy (non-hydrogen) atoms. The second-order valence-electron chi connectivity index (χ2n) is 8.65. The largest absolute Gasteiger partial charge is 0.352 e. The van der Waals surface area contributed by atoms with E-state index in [0.29, 0.717) is 5.92 Å². The van der Waals surface area contributed by atoms with E-state index in [2.05, 4.69) is 43.0 Å². The van der Waals surface area contributed by atoms with Crippen molar-refractivity contribution in [1.82, 2.24) is 0 Å². The van der Waals surface area contributed by atoms with E-state index in [1.165, 1.54) is 37.3 Å². The van der Waals surface area contributed by atoms with Gasteiger partial charge in [0.25, 0.3) is 0 Å². The molecule has 1 aliphatic heterocycles. The molecular weight excluding hydrogens is 399 g/mol. The fourth-order valence-corrected chi connectivity index (χ4v) is 4.08. The fraction of sp³-hybridized carbons (Fsp3) is 0.379. The van der Waals surface area contributed by atoms with Gasteiger partial charge in [0.15, 0.2) is 6.29 Å². The average molecular weight is 431 g/mol. The van der Waals surface area contributed by atoms with Crippen molar-refractivity contribution in [2.45, 2.75) is 51.7 Å². The highest BCUT2D eigenvalue weighted by Gasteiger charge is 2.21. The summed E-state index contributed by atoms with van der Waals surface area (Å²) < 4.78 is 25.2. The van der Waals surface area contributed by atoms with E-state index in [1.54, 1.807) is 12.1 Å². The van der Waals surface area contributed by atoms with Crippen LogP contribution in [0, 0.1) is 23.6 Å². The summed E-state index contributed by atoms with van der Waals surface area (Å²) in [5.41, 5.74) is 3.17. The molecule has 0 aliphatic carbocycles. The summed E-state index contributed by atoms with van der Waals surface area (Å²) in [6.45, 7) is 3.89. The van der Waals surface area contributed by atoms with Gasteiger partial charge in [-0.15, -0.1) is 0 Å². The van der Waals surface area contributed by atoms with Crippen LogP contribution in [0.2, 0.25) is 0 Å². The van der Waals surface area contributed by atoms with E-state index < -0.39 is 0 Å². The van der Waals surface area contributed by atoms with Crippen LogP contribution in [0.1, 0.15) is 55.7 Å². The van der Waals surface area contributed by atoms with Gasteiger partial charge in [-0.25, -0.2) is 4.39 Å². The van der Waals surface area contributed by atoms with Crippen molar-refractivity contribution in [1.29, 1.82) is 0 Å². The molecule has 1 aliphatic rings. The van der Waals surface area contributed by atoms with Crippen LogP contribution in [0.15, 0.2) is 60.7 Å². The summed E-state index contributed by atoms with van der Waals surface area (Å²) in [6, 6.07) is 19.0. The van der Waals surface area contributed by atoms with E-state index in [9.17, 15) is 4.39 Å². The summed E-state index contributed by atoms with van der Waals surface area (Å²) in [6.07, 6.45) is 6.76. The van der Waals surface area contributed by atoms with Crippen molar-refractivity contribution in [2.75, 3.05) is 13.2 Å². The Morgan fingerprint density at radius 2 is 1.50 bits per heavy atom. The molecule has 4 rings (SSSR count). The zero-order valence-electron chi connectivity index (χ0n) is 18.8. The normalized spacial score (nSPS) is 18.3. The molecule has 3 aromatic rings. The minimum atomic E-state index is -0.218. The van der Waals surface area contributed by atoms with Gasteiger partial charge in [0.05, 0.1) is 13.2 Å². The van der Waals surface area contributed by atoms with E-state index in [4.69, 9.17) is 9.47 Å². The molecule has 0 N–H and O–H groups in total. The van der Waals surface area contributed by atoms with Crippen LogP contribution in [0.4, 0.5) is 4.39 Å². The van der Waals surface area contributed by atoms with Crippen molar-refractivity contribution >= 4 is 10.8 Å². The van der Waals surface area contributed by atoms with Crippen molar-refractivity contribution in [3.8, 4) is 11.8 Å². The standard InChI is InChI=1S/C29H31FO2/c1-2-3-4-5-25-20-31-29(32-21-25)17-13-23-8-6-22(7-9-23)10-11-24-12-14-27-19-28(30)16-15-26(27)18-24/h6-9,12,14-16,18-19,25,29H,2-5,13,17,20-21H2,1H3. The summed E-state index contributed by atoms with van der Waals surface area (Å²) in [5.74, 6) is 6.77. The number of hydrogen-bond donors (Lipinski definition) is 0. The summed E-state index contributed by atoms with van der Waals surface area (Å²) in [4.78, 5) is 0. The quantitative estimate of drug-likeness (QED) is 0.300. The molecule has 0 aromatic heterocycles. The Balaban J connectivity index is 1.26. The number of aryl methyl sites for hydroxylation is 1. The molecule has 1 saturated heterocycles. The molecule has 3 aromatic carbocycles. The number of unbranched alkanes of at least 4 members (excludes halogenated alkanes) is 2. The van der Waals surface area contributed by atoms with Gasteiger partial charge < -0.3 is 9.47 Å². The van der Waals surface area contributed by atoms with Crippen molar-refractivity contribution < 1.29 is 13.9 Å². The Labute approximate surface area is 190 Å². The Kier molecular flexibility index (Phi) is 7.93. The van der Waals surface area contributed by atoms with Crippen molar-refractivity contribution in [3.05, 3.63) is 83.2 Å². The molecule has 1 fully saturated rings. The first kappa shape index (κ1) is 22.5. The van der Waals surface area contributed by atoms with Crippen LogP contribution in [0.25, 0.3) is 10.8 Å². The molecule has 0 atom stereocenters. The van der Waals surface area contributed by atoms with Crippen molar-refractivity contribution in [3.63, 3.8) is 0 Å². The summed E-state index contributed by atoms with van der Waals surface area (Å²) >= 11 is 0. The maximum atomic E-state index is 13.3. The predicted octanol–water partition coefficient (Wildman–Crippen LogP) is 6.88. The monoisotopic (exact) mass is 430 g/mol. The van der Waals surface area contributed by atoms with E-state index >= 15 is 0 Å². The van der Waals surface area contributed by atoms with Gasteiger partial charge in [0.2, 0.25) is 0 Å². The van der Waals surface area contributed by atoms with Gasteiger partial charge in [-0.3, -0.25) is 0 Å². The number of benzene rings is 3. The van der Waals surface area contributed by atoms with Crippen LogP contribution in [-0.2, 0) is 15.9 Å². The SMILES string of the molecule is CCCCCC1COC(CCc2ccc(C#Cc3ccc4cc(F)ccc4c3)cc2)OC1. The summed E-state index contributed by atoms with van der Waals surface area (Å²) in [5, 5.41) is 1.88. The van der Waals surface area contributed by atoms with Crippen molar-refractivity contribution in [2.24, 2.45) is 5.92 Å². The highest BCUT2D eigenvalue weighted by atomic mass is 19.1. The van der Waals surface area contributed by atoms with Gasteiger partial charge >= 0.3 is 0 Å². The van der Waals surface area contributed by atoms with Crippen LogP contribution in [0.3, 0.4) is 0 Å². The lowest BCUT2D eigenvalue weighted by atomic mass is 10.0. The lowest BCUT2D eigenvalue weighted by Gasteiger charge is -2.29. The first-order valence-electron chi connectivity index (χ1n) is 11.7. The Morgan fingerprint density at radius 3 is 2.28 bits per heavy atom. The number of hydrogen-bond acceptors (Lipinski definition) is 2. The van der Waals surface area contributed by atoms with Gasteiger partial charge in [0, 0.05) is 23.5 Å². The topological polar surface area (TPSA) is 18.5 Å². The Morgan fingerprint density at radius 1 is 0.812 bits per heavy atom. The number of fused-ring (bicyclic) bond motifs is 1. The minimum Gasteiger partial charge on any atom is -0.352 e. The second-order valence-corrected chi connectivity index (χ2v) is 8.65. The first-order chi connectivity index (χ1) is 15.7. The lowest BCUT2D eigenvalue weighted by Crippen LogP contribution is -2.32. The molecule has 166 valence electrons. The molecule has 0 radical (unpaired) electrons. The second kappa shape index (κ2) is 11.3. The van der Waals surface area contributed by atoms with Gasteiger partial charge in [0.1, 0.15) is 5.82 Å². The van der Waals surface area contributed by atoms with Crippen LogP contribution in [-0.4, -0.2) is 19.5 Å². The third kappa shape index (κ3) is 6.42. The molecular formula is C29H31FO2. The maximum Gasteiger partial charge on any atom is 0.157 e. The molecule has 0 amide bonds. The third-order valence-electron chi connectivity index (χ3n) is 6.03. The highest BCUT2D eigenvalue weighted by Crippen LogP contribution is 2.21. The molecule has 3 heteroatoms. The van der Waals surface area contributed by atoms with Gasteiger partial charge in [-0.05, 0) is 65.6 Å². The highest BCUT2D eigenvalue weighted by molar-refractivity contribution is 5.83. The molecule has 0 saturated carbocycles. The fourth-order valence-electron chi connectivity index (χ4n) is 4.08. The zero-order valence-corrected chi connectivity index (χ0v) is 18.8. The molecule has 2 nitrogen and oxygen atoms in total. The maximum absolute atomic E-state index is 13.3. The average Bonchev–Trinajstić information content (AvgIpc) is 2.83. The molecule has 1 heterocycles. The van der Waals surface area contributed by atoms with E-state index in [1.807, 2.05) is 18.2 Å². The summed E-state index contributed by atoms with van der Waals surface area (Å²) in [7, 11) is 0. The van der Waals surface area contributed by atoms with Crippen LogP contribution >= 0.6 is 0 Å². The number of halogens is 1. The molecule has 0 unspecified atom stereocenters. The lowest BCUT2D eigenvalue weighted by molar-refractivity contribution is -0.203. The minimum absolute atomic E-state index is 0.0849. The molecule has 0 bridgehead atoms. The van der Waals surface area contributed by atoms with Crippen LogP contribution in [0.5, 0.6) is 0 Å². The Bertz CT molecular complexity index is 1070. The van der Waals surface area contributed by atoms with Gasteiger partial charge in [-0.2, -0.15) is 0 Å². The van der Waals surface area contributed by atoms with E-state index in [-0.39, 0.29) is 12.1 Å². The Hall–Kier alpha value is -2.67. The predicted molar refractivity (Wildman–Crippen MR) is 128 cm³/mol. The van der Waals surface area contributed by atoms with E-state index in [0.717, 1.165) is 48.0 Å². The number of ether oxygens (including phenoxy) is 2. The third-order valence-corrected chi connectivity index (χ3v) is 6.03.